The molecule has 39 heavy (non-hydrogen) atoms. The van der Waals surface area contributed by atoms with Gasteiger partial charge < -0.3 is 5.11 Å². The number of carbonyl (C=O) groups is 1. The average molecular weight is 643 g/mol. The lowest BCUT2D eigenvalue weighted by Crippen LogP contribution is -2.75. The van der Waals surface area contributed by atoms with Gasteiger partial charge in [0, 0.05) is 0 Å². The smallest absolute Gasteiger partial charge is 0.460 e. The summed E-state index contributed by atoms with van der Waals surface area (Å²) in [7, 11) is -7.74. The molecule has 1 saturated carbocycles. The van der Waals surface area contributed by atoms with Gasteiger partial charge in [0.1, 0.15) is 6.54 Å². The molecule has 0 radical (unpaired) electrons. The molecule has 1 rings (SSSR count). The number of nitrogens with zero attached hydrogens (tertiary/aromatic N) is 1. The molecule has 0 aromatic carbocycles. The molecule has 1 N–H and O–H groups in total. The lowest BCUT2D eigenvalue weighted by Gasteiger charge is -2.45. The molecule has 1 aliphatic rings. The number of alkyl halides is 18. The third-order valence-electron chi connectivity index (χ3n) is 5.63. The molecule has 0 unspecified atom stereocenters. The van der Waals surface area contributed by atoms with Crippen molar-refractivity contribution in [3.8, 4) is 0 Å². The van der Waals surface area contributed by atoms with Crippen LogP contribution >= 0.6 is 0 Å². The molecule has 0 aromatic heterocycles. The van der Waals surface area contributed by atoms with Crippen molar-refractivity contribution in [1.29, 1.82) is 0 Å². The molecular formula is C15H11F18NO4S. The van der Waals surface area contributed by atoms with E-state index in [4.69, 9.17) is 5.11 Å². The first-order chi connectivity index (χ1) is 16.8. The lowest BCUT2D eigenvalue weighted by atomic mass is 9.96. The van der Waals surface area contributed by atoms with E-state index in [9.17, 15) is 92.2 Å². The van der Waals surface area contributed by atoms with Gasteiger partial charge in [-0.2, -0.15) is 79.0 Å². The summed E-state index contributed by atoms with van der Waals surface area (Å²) in [4.78, 5) is 10.8. The zero-order valence-corrected chi connectivity index (χ0v) is 18.7. The molecule has 1 aliphatic carbocycles. The van der Waals surface area contributed by atoms with E-state index >= 15 is 0 Å². The van der Waals surface area contributed by atoms with Gasteiger partial charge in [-0.25, -0.2) is 8.42 Å². The standard InChI is InChI=1S/C15H11F18NO4S/c16-8(17,13(26,27)28)7(3-1-2-4-7)39(37,38)34(5-6(35)36)15(32,33)12(24,25)10(20,21)9(18,19)11(22,23)14(29,30)31/h1-5H2,(H,35,36). The fourth-order valence-corrected chi connectivity index (χ4v) is 5.89. The Balaban J connectivity index is 4.04. The molecule has 0 aromatic rings. The minimum absolute atomic E-state index is 1.07. The topological polar surface area (TPSA) is 74.7 Å². The summed E-state index contributed by atoms with van der Waals surface area (Å²) in [6.45, 7) is -3.46. The summed E-state index contributed by atoms with van der Waals surface area (Å²) in [5.74, 6) is -44.1. The predicted molar refractivity (Wildman–Crippen MR) is 86.3 cm³/mol. The number of aliphatic carboxylic acids is 1. The Morgan fingerprint density at radius 2 is 1.00 bits per heavy atom. The zero-order chi connectivity index (χ0) is 31.7. The van der Waals surface area contributed by atoms with Crippen LogP contribution < -0.4 is 0 Å². The van der Waals surface area contributed by atoms with Crippen LogP contribution in [-0.2, 0) is 14.8 Å². The zero-order valence-electron chi connectivity index (χ0n) is 17.9. The molecule has 0 amide bonds. The number of carboxylic acid groups (broad SMARTS) is 1. The van der Waals surface area contributed by atoms with Gasteiger partial charge >= 0.3 is 54.0 Å². The van der Waals surface area contributed by atoms with Gasteiger partial charge in [-0.05, 0) is 12.8 Å². The van der Waals surface area contributed by atoms with Crippen molar-refractivity contribution >= 4 is 16.0 Å². The molecule has 0 bridgehead atoms. The van der Waals surface area contributed by atoms with Crippen LogP contribution in [0.4, 0.5) is 79.0 Å². The van der Waals surface area contributed by atoms with E-state index in [-0.39, 0.29) is 0 Å². The lowest BCUT2D eigenvalue weighted by molar-refractivity contribution is -0.447. The fourth-order valence-electron chi connectivity index (χ4n) is 3.53. The molecule has 24 heteroatoms. The van der Waals surface area contributed by atoms with Crippen LogP contribution in [0.15, 0.2) is 0 Å². The van der Waals surface area contributed by atoms with Crippen molar-refractivity contribution in [1.82, 2.24) is 4.31 Å². The summed E-state index contributed by atoms with van der Waals surface area (Å²) < 4.78 is 259. The Labute approximate surface area is 203 Å². The average Bonchev–Trinajstić information content (AvgIpc) is 3.21. The third kappa shape index (κ3) is 4.65. The molecule has 232 valence electrons. The second-order valence-corrected chi connectivity index (χ2v) is 10.2. The number of halogens is 18. The van der Waals surface area contributed by atoms with Crippen molar-refractivity contribution in [3.05, 3.63) is 0 Å². The van der Waals surface area contributed by atoms with Crippen molar-refractivity contribution in [2.75, 3.05) is 6.54 Å². The highest BCUT2D eigenvalue weighted by atomic mass is 32.2. The highest BCUT2D eigenvalue weighted by Crippen LogP contribution is 2.62. The molecule has 0 saturated heterocycles. The Hall–Kier alpha value is -1.88. The predicted octanol–water partition coefficient (Wildman–Crippen LogP) is 5.91. The fraction of sp³-hybridized carbons (Fsp3) is 0.933. The largest absolute Gasteiger partial charge is 0.480 e. The maximum atomic E-state index is 14.6. The molecule has 0 aliphatic heterocycles. The van der Waals surface area contributed by atoms with Crippen LogP contribution in [0.3, 0.4) is 0 Å². The third-order valence-corrected chi connectivity index (χ3v) is 8.22. The molecule has 5 nitrogen and oxygen atoms in total. The van der Waals surface area contributed by atoms with Crippen LogP contribution in [-0.4, -0.2) is 83.1 Å². The summed E-state index contributed by atoms with van der Waals surface area (Å²) in [6.07, 6.45) is -21.3. The Morgan fingerprint density at radius 1 is 0.641 bits per heavy atom. The minimum atomic E-state index is -8.69. The van der Waals surface area contributed by atoms with Crippen LogP contribution in [0.25, 0.3) is 0 Å². The number of hydrogen-bond acceptors (Lipinski definition) is 3. The first-order valence-electron chi connectivity index (χ1n) is 9.40. The highest BCUT2D eigenvalue weighted by molar-refractivity contribution is 7.90. The second-order valence-electron chi connectivity index (χ2n) is 8.02. The first kappa shape index (κ1) is 35.1. The molecule has 0 atom stereocenters. The number of sulfonamides is 1. The quantitative estimate of drug-likeness (QED) is 0.238. The van der Waals surface area contributed by atoms with Gasteiger partial charge in [0.2, 0.25) is 10.0 Å². The van der Waals surface area contributed by atoms with Gasteiger partial charge in [-0.15, -0.1) is 4.31 Å². The van der Waals surface area contributed by atoms with Crippen LogP contribution in [0.1, 0.15) is 25.7 Å². The van der Waals surface area contributed by atoms with E-state index in [1.165, 1.54) is 0 Å². The van der Waals surface area contributed by atoms with E-state index in [1.807, 2.05) is 0 Å². The molecular weight excluding hydrogens is 632 g/mol. The Kier molecular flexibility index (Phi) is 8.40. The van der Waals surface area contributed by atoms with E-state index in [1.54, 1.807) is 0 Å². The molecule has 0 spiro atoms. The number of hydrogen-bond donors (Lipinski definition) is 1. The van der Waals surface area contributed by atoms with E-state index in [0.717, 1.165) is 0 Å². The van der Waals surface area contributed by atoms with Gasteiger partial charge in [-0.3, -0.25) is 4.79 Å². The van der Waals surface area contributed by atoms with Crippen LogP contribution in [0.5, 0.6) is 0 Å². The van der Waals surface area contributed by atoms with Crippen molar-refractivity contribution < 1.29 is 97.3 Å². The van der Waals surface area contributed by atoms with E-state index < -0.39 is 105 Å². The Morgan fingerprint density at radius 3 is 1.31 bits per heavy atom. The van der Waals surface area contributed by atoms with E-state index in [2.05, 4.69) is 0 Å². The van der Waals surface area contributed by atoms with Crippen molar-refractivity contribution in [2.45, 2.75) is 78.4 Å². The number of carboxylic acids is 1. The second kappa shape index (κ2) is 9.33. The molecule has 1 fully saturated rings. The summed E-state index contributed by atoms with van der Waals surface area (Å²) in [5, 5.41) is 8.57. The van der Waals surface area contributed by atoms with Crippen molar-refractivity contribution in [2.24, 2.45) is 0 Å². The SMILES string of the molecule is O=C(O)CN(C(F)(F)C(F)(F)C(F)(F)C(F)(F)C(F)(F)C(F)(F)F)S(=O)(=O)C1(C(F)(F)C(F)(F)F)CCCC1. The normalized spacial score (nSPS) is 19.1. The maximum Gasteiger partial charge on any atom is 0.460 e. The van der Waals surface area contributed by atoms with E-state index in [0.29, 0.717) is 0 Å². The monoisotopic (exact) mass is 643 g/mol. The van der Waals surface area contributed by atoms with Gasteiger partial charge in [0.15, 0.2) is 4.75 Å². The summed E-state index contributed by atoms with van der Waals surface area (Å²) in [6, 6.07) is -7.96. The Bertz CT molecular complexity index is 1040. The number of rotatable bonds is 10. The molecule has 0 heterocycles. The van der Waals surface area contributed by atoms with Gasteiger partial charge in [-0.1, -0.05) is 12.8 Å². The first-order valence-corrected chi connectivity index (χ1v) is 10.8. The summed E-state index contributed by atoms with van der Waals surface area (Å²) >= 11 is 0. The van der Waals surface area contributed by atoms with Gasteiger partial charge in [0.25, 0.3) is 0 Å². The minimum Gasteiger partial charge on any atom is -0.480 e. The summed E-state index contributed by atoms with van der Waals surface area (Å²) in [5.41, 5.74) is 0. The van der Waals surface area contributed by atoms with Gasteiger partial charge in [0.05, 0.1) is 0 Å². The van der Waals surface area contributed by atoms with Crippen molar-refractivity contribution in [3.63, 3.8) is 0 Å². The van der Waals surface area contributed by atoms with Crippen LogP contribution in [0.2, 0.25) is 0 Å². The highest BCUT2D eigenvalue weighted by Gasteiger charge is 2.92. The van der Waals surface area contributed by atoms with Crippen LogP contribution in [0, 0.1) is 0 Å². The maximum absolute atomic E-state index is 14.6.